The number of aryl methyl sites for hydroxylation is 9. The molecule has 0 unspecified atom stereocenters. The van der Waals surface area contributed by atoms with Gasteiger partial charge in [-0.2, -0.15) is 105 Å². The maximum atomic E-state index is 8.19. The van der Waals surface area contributed by atoms with Gasteiger partial charge in [0.15, 0.2) is 0 Å². The summed E-state index contributed by atoms with van der Waals surface area (Å²) in [5, 5.41) is 0. The fourth-order valence-corrected chi connectivity index (χ4v) is 3.32. The zero-order valence-electron chi connectivity index (χ0n) is 19.3. The van der Waals surface area contributed by atoms with Crippen molar-refractivity contribution < 1.29 is 21.0 Å². The van der Waals surface area contributed by atoms with Crippen molar-refractivity contribution in [3.63, 3.8) is 0 Å². The normalized spacial score (nSPS) is 9.10. The molecule has 0 aromatic heterocycles. The van der Waals surface area contributed by atoms with Gasteiger partial charge in [-0.3, -0.25) is 0 Å². The van der Waals surface area contributed by atoms with E-state index in [9.17, 15) is 0 Å². The van der Waals surface area contributed by atoms with Gasteiger partial charge in [-0.05, 0) is 0 Å². The Labute approximate surface area is 187 Å². The molecule has 0 N–H and O–H groups in total. The van der Waals surface area contributed by atoms with E-state index in [-0.39, 0.29) is 0 Å². The molecule has 0 aliphatic heterocycles. The van der Waals surface area contributed by atoms with Crippen molar-refractivity contribution in [3.05, 3.63) is 105 Å². The van der Waals surface area contributed by atoms with Crippen LogP contribution in [0.15, 0.2) is 36.4 Å². The first-order chi connectivity index (χ1) is 13.5. The van der Waals surface area contributed by atoms with Crippen LogP contribution in [0.3, 0.4) is 0 Å². The van der Waals surface area contributed by atoms with E-state index < -0.39 is 0 Å². The summed E-state index contributed by atoms with van der Waals surface area (Å²) in [5.74, 6) is 0. The predicted octanol–water partition coefficient (Wildman–Crippen LogP) is 7.11. The SMILES string of the molecule is Cc1[c-]c(C)cc(C)c1.Cc1[c-]c(C)cc(C)c1.Cc1[c-]c(C)cc(C)c1.[O]=[V]. The topological polar surface area (TPSA) is 17.1 Å². The van der Waals surface area contributed by atoms with Crippen LogP contribution in [0.2, 0.25) is 0 Å². The van der Waals surface area contributed by atoms with Gasteiger partial charge in [-0.25, -0.2) is 0 Å². The van der Waals surface area contributed by atoms with Crippen molar-refractivity contribution >= 4 is 0 Å². The number of benzene rings is 3. The number of hydrogen-bond donors (Lipinski definition) is 0. The average Bonchev–Trinajstić information content (AvgIpc) is 2.53. The molecule has 155 valence electrons. The van der Waals surface area contributed by atoms with Crippen molar-refractivity contribution in [2.45, 2.75) is 62.3 Å². The molecule has 0 saturated carbocycles. The Morgan fingerprint density at radius 2 is 0.552 bits per heavy atom. The molecule has 0 spiro atoms. The Bertz CT molecular complexity index is 628. The molecule has 0 saturated heterocycles. The van der Waals surface area contributed by atoms with Gasteiger partial charge in [0.05, 0.1) is 0 Å². The van der Waals surface area contributed by atoms with E-state index in [0.717, 1.165) is 17.4 Å². The van der Waals surface area contributed by atoms with Crippen LogP contribution >= 0.6 is 0 Å². The van der Waals surface area contributed by atoms with Crippen LogP contribution in [0.1, 0.15) is 50.1 Å². The van der Waals surface area contributed by atoms with Crippen molar-refractivity contribution in [2.75, 3.05) is 0 Å². The van der Waals surface area contributed by atoms with Crippen LogP contribution in [0.25, 0.3) is 0 Å². The monoisotopic (exact) mass is 424 g/mol. The van der Waals surface area contributed by atoms with Gasteiger partial charge in [-0.1, -0.05) is 62.3 Å². The van der Waals surface area contributed by atoms with Crippen LogP contribution in [-0.2, 0) is 21.0 Å². The second-order valence-electron chi connectivity index (χ2n) is 7.57. The summed E-state index contributed by atoms with van der Waals surface area (Å²) in [6.45, 7) is 18.7. The third-order valence-corrected chi connectivity index (χ3v) is 3.85. The van der Waals surface area contributed by atoms with E-state index in [0.29, 0.717) is 0 Å². The molecule has 2 heteroatoms. The summed E-state index contributed by atoms with van der Waals surface area (Å²) in [4.78, 5) is 0. The van der Waals surface area contributed by atoms with Crippen molar-refractivity contribution in [2.24, 2.45) is 0 Å². The second kappa shape index (κ2) is 14.1. The molecule has 3 aromatic carbocycles. The van der Waals surface area contributed by atoms with E-state index in [1.807, 2.05) is 0 Å². The minimum atomic E-state index is 1.06. The summed E-state index contributed by atoms with van der Waals surface area (Å²) in [6.07, 6.45) is 0. The summed E-state index contributed by atoms with van der Waals surface area (Å²) < 4.78 is 8.19. The molecule has 0 atom stereocenters. The molecule has 29 heavy (non-hydrogen) atoms. The van der Waals surface area contributed by atoms with Crippen LogP contribution in [0, 0.1) is 80.5 Å². The molecule has 0 heterocycles. The van der Waals surface area contributed by atoms with Gasteiger partial charge in [-0.15, -0.1) is 0 Å². The van der Waals surface area contributed by atoms with Gasteiger partial charge >= 0.3 is 21.0 Å². The van der Waals surface area contributed by atoms with Crippen LogP contribution in [-0.4, -0.2) is 0 Å². The molecule has 0 bridgehead atoms. The molecule has 3 rings (SSSR count). The first kappa shape index (κ1) is 27.0. The molecular weight excluding hydrogens is 391 g/mol. The van der Waals surface area contributed by atoms with Gasteiger partial charge in [0.2, 0.25) is 0 Å². The second-order valence-corrected chi connectivity index (χ2v) is 7.57. The summed E-state index contributed by atoms with van der Waals surface area (Å²) in [5.41, 5.74) is 11.3. The van der Waals surface area contributed by atoms with Gasteiger partial charge in [0.25, 0.3) is 0 Å². The first-order valence-electron chi connectivity index (χ1n) is 9.65. The molecule has 3 aromatic rings. The van der Waals surface area contributed by atoms with Crippen LogP contribution in [0.5, 0.6) is 0 Å². The zero-order chi connectivity index (χ0) is 22.6. The molecule has 0 radical (unpaired) electrons. The summed E-state index contributed by atoms with van der Waals surface area (Å²) in [6, 6.07) is 22.4. The first-order valence-corrected chi connectivity index (χ1v) is 10.2. The van der Waals surface area contributed by atoms with E-state index in [1.54, 1.807) is 0 Å². The third-order valence-electron chi connectivity index (χ3n) is 3.85. The number of hydrogen-bond acceptors (Lipinski definition) is 1. The fourth-order valence-electron chi connectivity index (χ4n) is 3.32. The Balaban J connectivity index is 0.000000388. The molecule has 0 fully saturated rings. The van der Waals surface area contributed by atoms with Gasteiger partial charge < -0.3 is 0 Å². The predicted molar refractivity (Wildman–Crippen MR) is 119 cm³/mol. The summed E-state index contributed by atoms with van der Waals surface area (Å²) in [7, 11) is 0. The van der Waals surface area contributed by atoms with E-state index >= 15 is 0 Å². The Morgan fingerprint density at radius 3 is 0.655 bits per heavy atom. The Hall–Kier alpha value is -1.96. The van der Waals surface area contributed by atoms with Gasteiger partial charge in [0, 0.05) is 0 Å². The third kappa shape index (κ3) is 13.0. The van der Waals surface area contributed by atoms with Crippen LogP contribution < -0.4 is 0 Å². The average molecular weight is 425 g/mol. The molecular formula is C27H33OV-3. The van der Waals surface area contributed by atoms with Crippen molar-refractivity contribution in [3.8, 4) is 0 Å². The van der Waals surface area contributed by atoms with E-state index in [2.05, 4.69) is 117 Å². The molecule has 1 nitrogen and oxygen atoms in total. The minimum absolute atomic E-state index is 1.06. The number of rotatable bonds is 0. The fraction of sp³-hybridized carbons (Fsp3) is 0.333. The maximum absolute atomic E-state index is 8.19. The Morgan fingerprint density at radius 1 is 0.414 bits per heavy atom. The van der Waals surface area contributed by atoms with Gasteiger partial charge in [0.1, 0.15) is 0 Å². The zero-order valence-corrected chi connectivity index (χ0v) is 20.7. The molecule has 0 aliphatic rings. The quantitative estimate of drug-likeness (QED) is 0.351. The van der Waals surface area contributed by atoms with E-state index in [1.165, 1.54) is 50.1 Å². The Kier molecular flexibility index (Phi) is 13.1. The molecule has 0 aliphatic carbocycles. The molecule has 0 amide bonds. The van der Waals surface area contributed by atoms with Crippen LogP contribution in [0.4, 0.5) is 0 Å². The summed E-state index contributed by atoms with van der Waals surface area (Å²) >= 11 is 1.06. The van der Waals surface area contributed by atoms with Crippen molar-refractivity contribution in [1.29, 1.82) is 0 Å². The van der Waals surface area contributed by atoms with Crippen molar-refractivity contribution in [1.82, 2.24) is 0 Å². The standard InChI is InChI=1S/3C9H11.O.V/c3*1-7-4-8(2)6-9(3)5-7;;/h3*4-5H,1-3H3;;/q3*-1;;. The van der Waals surface area contributed by atoms with E-state index in [4.69, 9.17) is 3.67 Å².